The molecular weight excluding hydrogens is 297 g/mol. The zero-order chi connectivity index (χ0) is 14.4. The average molecular weight is 318 g/mol. The van der Waals surface area contributed by atoms with E-state index >= 15 is 0 Å². The lowest BCUT2D eigenvalue weighted by Gasteiger charge is -2.37. The van der Waals surface area contributed by atoms with E-state index < -0.39 is 0 Å². The Labute approximate surface area is 130 Å². The van der Waals surface area contributed by atoms with Crippen molar-refractivity contribution in [2.24, 2.45) is 0 Å². The van der Waals surface area contributed by atoms with Crippen molar-refractivity contribution < 1.29 is 9.84 Å². The van der Waals surface area contributed by atoms with Crippen LogP contribution in [0.2, 0.25) is 10.0 Å². The van der Waals surface area contributed by atoms with Gasteiger partial charge in [0.2, 0.25) is 0 Å². The van der Waals surface area contributed by atoms with E-state index in [2.05, 4.69) is 4.90 Å². The Bertz CT molecular complexity index is 404. The Morgan fingerprint density at radius 2 is 1.90 bits per heavy atom. The molecule has 1 aromatic carbocycles. The number of para-hydroxylation sites is 1. The molecule has 1 aliphatic rings. The number of hydrogen-bond donors (Lipinski definition) is 1. The van der Waals surface area contributed by atoms with E-state index in [0.29, 0.717) is 28.4 Å². The minimum absolute atomic E-state index is 0.237. The van der Waals surface area contributed by atoms with Crippen molar-refractivity contribution in [3.8, 4) is 5.75 Å². The van der Waals surface area contributed by atoms with Gasteiger partial charge in [0.25, 0.3) is 0 Å². The maximum Gasteiger partial charge on any atom is 0.156 e. The minimum atomic E-state index is 0.237. The predicted molar refractivity (Wildman–Crippen MR) is 82.9 cm³/mol. The summed E-state index contributed by atoms with van der Waals surface area (Å²) < 4.78 is 5.73. The van der Waals surface area contributed by atoms with Crippen molar-refractivity contribution in [2.75, 3.05) is 26.3 Å². The summed E-state index contributed by atoms with van der Waals surface area (Å²) in [6.07, 6.45) is 4.61. The van der Waals surface area contributed by atoms with Gasteiger partial charge in [0.05, 0.1) is 10.0 Å². The van der Waals surface area contributed by atoms with E-state index in [0.717, 1.165) is 19.5 Å². The third-order valence-corrected chi connectivity index (χ3v) is 4.33. The average Bonchev–Trinajstić information content (AvgIpc) is 2.37. The van der Waals surface area contributed by atoms with Gasteiger partial charge in [-0.2, -0.15) is 0 Å². The van der Waals surface area contributed by atoms with Crippen LogP contribution in [-0.4, -0.2) is 42.4 Å². The van der Waals surface area contributed by atoms with Gasteiger partial charge in [-0.3, -0.25) is 4.90 Å². The third-order valence-electron chi connectivity index (χ3n) is 3.74. The summed E-state index contributed by atoms with van der Waals surface area (Å²) in [6.45, 7) is 2.55. The number of halogens is 2. The summed E-state index contributed by atoms with van der Waals surface area (Å²) in [4.78, 5) is 2.39. The van der Waals surface area contributed by atoms with Gasteiger partial charge in [0.15, 0.2) is 5.75 Å². The second-order valence-electron chi connectivity index (χ2n) is 5.10. The molecule has 1 N–H and O–H groups in total. The lowest BCUT2D eigenvalue weighted by atomic mass is 9.91. The fourth-order valence-electron chi connectivity index (χ4n) is 2.39. The number of nitrogens with zero attached hydrogens (tertiary/aromatic N) is 1. The first kappa shape index (κ1) is 15.9. The Hall–Kier alpha value is -0.480. The van der Waals surface area contributed by atoms with Gasteiger partial charge in [-0.15, -0.1) is 0 Å². The lowest BCUT2D eigenvalue weighted by Crippen LogP contribution is -2.43. The highest BCUT2D eigenvalue weighted by Gasteiger charge is 2.24. The number of ether oxygens (including phenoxy) is 1. The molecule has 5 heteroatoms. The quantitative estimate of drug-likeness (QED) is 0.795. The first-order valence-corrected chi connectivity index (χ1v) is 7.89. The molecule has 0 radical (unpaired) electrons. The normalized spacial score (nSPS) is 15.4. The molecule has 0 bridgehead atoms. The molecule has 20 heavy (non-hydrogen) atoms. The highest BCUT2D eigenvalue weighted by atomic mass is 35.5. The highest BCUT2D eigenvalue weighted by Crippen LogP contribution is 2.32. The van der Waals surface area contributed by atoms with E-state index in [-0.39, 0.29) is 6.61 Å². The zero-order valence-corrected chi connectivity index (χ0v) is 13.0. The SMILES string of the molecule is OCCCN(CCOc1c(Cl)cccc1Cl)C1CCC1. The second-order valence-corrected chi connectivity index (χ2v) is 5.91. The second kappa shape index (κ2) is 8.08. The maximum atomic E-state index is 8.97. The number of hydrogen-bond acceptors (Lipinski definition) is 3. The van der Waals surface area contributed by atoms with Crippen LogP contribution in [0.3, 0.4) is 0 Å². The molecule has 0 aliphatic heterocycles. The first-order valence-electron chi connectivity index (χ1n) is 7.14. The molecule has 1 aliphatic carbocycles. The van der Waals surface area contributed by atoms with Gasteiger partial charge in [0, 0.05) is 25.7 Å². The van der Waals surface area contributed by atoms with Crippen LogP contribution in [0.5, 0.6) is 5.75 Å². The molecular formula is C15H21Cl2NO2. The van der Waals surface area contributed by atoms with Crippen LogP contribution in [0.25, 0.3) is 0 Å². The number of benzene rings is 1. The predicted octanol–water partition coefficient (Wildman–Crippen LogP) is 3.61. The van der Waals surface area contributed by atoms with E-state index in [1.165, 1.54) is 19.3 Å². The highest BCUT2D eigenvalue weighted by molar-refractivity contribution is 6.37. The summed E-state index contributed by atoms with van der Waals surface area (Å²) in [7, 11) is 0. The number of aliphatic hydroxyl groups is 1. The monoisotopic (exact) mass is 317 g/mol. The van der Waals surface area contributed by atoms with Gasteiger partial charge >= 0.3 is 0 Å². The Morgan fingerprint density at radius 1 is 1.20 bits per heavy atom. The van der Waals surface area contributed by atoms with Gasteiger partial charge in [-0.25, -0.2) is 0 Å². The molecule has 1 fully saturated rings. The fourth-order valence-corrected chi connectivity index (χ4v) is 2.89. The third kappa shape index (κ3) is 4.26. The molecule has 0 saturated heterocycles. The van der Waals surface area contributed by atoms with E-state index in [9.17, 15) is 0 Å². The van der Waals surface area contributed by atoms with Crippen molar-refractivity contribution >= 4 is 23.2 Å². The molecule has 0 spiro atoms. The van der Waals surface area contributed by atoms with Crippen LogP contribution in [0.1, 0.15) is 25.7 Å². The largest absolute Gasteiger partial charge is 0.489 e. The smallest absolute Gasteiger partial charge is 0.156 e. The molecule has 0 heterocycles. The van der Waals surface area contributed by atoms with Crippen molar-refractivity contribution in [2.45, 2.75) is 31.7 Å². The molecule has 0 aromatic heterocycles. The summed E-state index contributed by atoms with van der Waals surface area (Å²) in [6, 6.07) is 6.00. The molecule has 1 saturated carbocycles. The first-order chi connectivity index (χ1) is 9.72. The van der Waals surface area contributed by atoms with Crippen LogP contribution < -0.4 is 4.74 Å². The molecule has 2 rings (SSSR count). The zero-order valence-electron chi connectivity index (χ0n) is 11.5. The van der Waals surface area contributed by atoms with Crippen molar-refractivity contribution in [3.63, 3.8) is 0 Å². The fraction of sp³-hybridized carbons (Fsp3) is 0.600. The maximum absolute atomic E-state index is 8.97. The van der Waals surface area contributed by atoms with E-state index in [1.807, 2.05) is 0 Å². The summed E-state index contributed by atoms with van der Waals surface area (Å²) in [5, 5.41) is 10.1. The van der Waals surface area contributed by atoms with Crippen molar-refractivity contribution in [1.29, 1.82) is 0 Å². The van der Waals surface area contributed by atoms with Crippen molar-refractivity contribution in [3.05, 3.63) is 28.2 Å². The van der Waals surface area contributed by atoms with Gasteiger partial charge < -0.3 is 9.84 Å². The van der Waals surface area contributed by atoms with Crippen molar-refractivity contribution in [1.82, 2.24) is 4.90 Å². The molecule has 3 nitrogen and oxygen atoms in total. The van der Waals surface area contributed by atoms with E-state index in [4.69, 9.17) is 33.0 Å². The summed E-state index contributed by atoms with van der Waals surface area (Å²) in [5.74, 6) is 0.562. The van der Waals surface area contributed by atoms with Gasteiger partial charge in [-0.05, 0) is 31.4 Å². The lowest BCUT2D eigenvalue weighted by molar-refractivity contribution is 0.0985. The van der Waals surface area contributed by atoms with Crippen LogP contribution in [0.15, 0.2) is 18.2 Å². The van der Waals surface area contributed by atoms with E-state index in [1.54, 1.807) is 18.2 Å². The van der Waals surface area contributed by atoms with Crippen LogP contribution in [0.4, 0.5) is 0 Å². The Kier molecular flexibility index (Phi) is 6.43. The molecule has 1 aromatic rings. The van der Waals surface area contributed by atoms with Crippen LogP contribution in [-0.2, 0) is 0 Å². The van der Waals surface area contributed by atoms with Gasteiger partial charge in [0.1, 0.15) is 6.61 Å². The van der Waals surface area contributed by atoms with Crippen LogP contribution >= 0.6 is 23.2 Å². The topological polar surface area (TPSA) is 32.7 Å². The summed E-state index contributed by atoms with van der Waals surface area (Å²) in [5.41, 5.74) is 0. The molecule has 112 valence electrons. The standard InChI is InChI=1S/C15H21Cl2NO2/c16-13-6-2-7-14(17)15(13)20-11-9-18(8-3-10-19)12-4-1-5-12/h2,6-7,12,19H,1,3-5,8-11H2. The number of rotatable bonds is 8. The number of aliphatic hydroxyl groups excluding tert-OH is 1. The Morgan fingerprint density at radius 3 is 2.45 bits per heavy atom. The minimum Gasteiger partial charge on any atom is -0.489 e. The molecule has 0 unspecified atom stereocenters. The summed E-state index contributed by atoms with van der Waals surface area (Å²) >= 11 is 12.1. The van der Waals surface area contributed by atoms with Gasteiger partial charge in [-0.1, -0.05) is 35.7 Å². The molecule has 0 amide bonds. The molecule has 0 atom stereocenters. The van der Waals surface area contributed by atoms with Crippen LogP contribution in [0, 0.1) is 0 Å². The Balaban J connectivity index is 1.83.